The van der Waals surface area contributed by atoms with Crippen molar-refractivity contribution in [2.24, 2.45) is 0 Å². The van der Waals surface area contributed by atoms with Crippen LogP contribution in [0, 0.1) is 0 Å². The fourth-order valence-corrected chi connectivity index (χ4v) is 1.66. The molecule has 104 valence electrons. The number of nitrogens with one attached hydrogen (secondary N) is 1. The van der Waals surface area contributed by atoms with Crippen LogP contribution >= 0.6 is 0 Å². The van der Waals surface area contributed by atoms with Gasteiger partial charge in [-0.3, -0.25) is 9.59 Å². The minimum atomic E-state index is -0.222. The predicted molar refractivity (Wildman–Crippen MR) is 74.0 cm³/mol. The lowest BCUT2D eigenvalue weighted by Crippen LogP contribution is -2.31. The Kier molecular flexibility index (Phi) is 4.49. The zero-order chi connectivity index (χ0) is 14.4. The van der Waals surface area contributed by atoms with Gasteiger partial charge in [-0.1, -0.05) is 6.08 Å². The number of furan rings is 1. The van der Waals surface area contributed by atoms with Gasteiger partial charge < -0.3 is 9.73 Å². The Hall–Kier alpha value is -2.63. The fourth-order valence-electron chi connectivity index (χ4n) is 1.66. The van der Waals surface area contributed by atoms with E-state index in [9.17, 15) is 9.59 Å². The van der Waals surface area contributed by atoms with Gasteiger partial charge in [-0.15, -0.1) is 0 Å². The number of allylic oxidation sites excluding steroid dienone is 1. The van der Waals surface area contributed by atoms with E-state index in [2.05, 4.69) is 10.4 Å². The molecule has 0 bridgehead atoms. The average Bonchev–Trinajstić information content (AvgIpc) is 2.95. The number of rotatable bonds is 5. The highest BCUT2D eigenvalue weighted by molar-refractivity contribution is 5.87. The molecule has 2 aromatic heterocycles. The van der Waals surface area contributed by atoms with E-state index >= 15 is 0 Å². The lowest BCUT2D eigenvalue weighted by atomic mass is 10.3. The molecule has 0 saturated heterocycles. The molecule has 1 amide bonds. The first-order valence-corrected chi connectivity index (χ1v) is 6.23. The van der Waals surface area contributed by atoms with Crippen LogP contribution < -0.4 is 10.9 Å². The van der Waals surface area contributed by atoms with E-state index in [1.807, 2.05) is 0 Å². The van der Waals surface area contributed by atoms with Gasteiger partial charge in [0.1, 0.15) is 5.69 Å². The van der Waals surface area contributed by atoms with E-state index in [4.69, 9.17) is 4.42 Å². The zero-order valence-electron chi connectivity index (χ0n) is 11.1. The average molecular weight is 273 g/mol. The number of hydrogen-bond acceptors (Lipinski definition) is 4. The fraction of sp³-hybridized carbons (Fsp3) is 0.214. The SMILES string of the molecule is C/C=C/C(=O)NCCn1nc(-c2ccco2)ccc1=O. The predicted octanol–water partition coefficient (Wildman–Crippen LogP) is 1.20. The molecular formula is C14H15N3O3. The first kappa shape index (κ1) is 13.8. The molecule has 0 fully saturated rings. The number of hydrogen-bond donors (Lipinski definition) is 1. The summed E-state index contributed by atoms with van der Waals surface area (Å²) >= 11 is 0. The Morgan fingerprint density at radius 2 is 2.30 bits per heavy atom. The molecule has 1 N–H and O–H groups in total. The summed E-state index contributed by atoms with van der Waals surface area (Å²) in [6, 6.07) is 6.56. The normalized spacial score (nSPS) is 10.8. The molecule has 0 aliphatic carbocycles. The molecule has 2 aromatic rings. The maximum atomic E-state index is 11.7. The summed E-state index contributed by atoms with van der Waals surface area (Å²) in [6.07, 6.45) is 4.62. The maximum absolute atomic E-state index is 11.7. The molecule has 6 nitrogen and oxygen atoms in total. The largest absolute Gasteiger partial charge is 0.463 e. The van der Waals surface area contributed by atoms with E-state index in [-0.39, 0.29) is 11.5 Å². The number of carbonyl (C=O) groups is 1. The summed E-state index contributed by atoms with van der Waals surface area (Å²) in [5.41, 5.74) is 0.356. The van der Waals surface area contributed by atoms with Crippen LogP contribution in [0.15, 0.2) is 51.9 Å². The molecule has 0 unspecified atom stereocenters. The van der Waals surface area contributed by atoms with E-state index < -0.39 is 0 Å². The summed E-state index contributed by atoms with van der Waals surface area (Å²) in [5.74, 6) is 0.402. The van der Waals surface area contributed by atoms with Crippen molar-refractivity contribution in [3.05, 3.63) is 53.0 Å². The van der Waals surface area contributed by atoms with Gasteiger partial charge in [0.05, 0.1) is 12.8 Å². The molecule has 20 heavy (non-hydrogen) atoms. The first-order chi connectivity index (χ1) is 9.70. The Balaban J connectivity index is 2.06. The van der Waals surface area contributed by atoms with Crippen LogP contribution in [0.1, 0.15) is 6.92 Å². The second-order valence-corrected chi connectivity index (χ2v) is 4.05. The summed E-state index contributed by atoms with van der Waals surface area (Å²) in [4.78, 5) is 22.9. The highest BCUT2D eigenvalue weighted by Gasteiger charge is 2.05. The number of carbonyl (C=O) groups excluding carboxylic acids is 1. The first-order valence-electron chi connectivity index (χ1n) is 6.23. The van der Waals surface area contributed by atoms with Crippen LogP contribution in [0.4, 0.5) is 0 Å². The highest BCUT2D eigenvalue weighted by Crippen LogP contribution is 2.14. The van der Waals surface area contributed by atoms with Crippen LogP contribution in [0.25, 0.3) is 11.5 Å². The quantitative estimate of drug-likeness (QED) is 0.830. The smallest absolute Gasteiger partial charge is 0.266 e. The highest BCUT2D eigenvalue weighted by atomic mass is 16.3. The number of aromatic nitrogens is 2. The van der Waals surface area contributed by atoms with Gasteiger partial charge in [0.25, 0.3) is 5.56 Å². The van der Waals surface area contributed by atoms with Gasteiger partial charge in [0, 0.05) is 12.6 Å². The van der Waals surface area contributed by atoms with Gasteiger partial charge in [0.15, 0.2) is 5.76 Å². The summed E-state index contributed by atoms with van der Waals surface area (Å²) < 4.78 is 6.53. The van der Waals surface area contributed by atoms with Crippen LogP contribution in [0.5, 0.6) is 0 Å². The third-order valence-corrected chi connectivity index (χ3v) is 2.58. The molecule has 0 radical (unpaired) electrons. The van der Waals surface area contributed by atoms with Gasteiger partial charge in [-0.2, -0.15) is 5.10 Å². The minimum Gasteiger partial charge on any atom is -0.463 e. The molecule has 0 aliphatic rings. The summed E-state index contributed by atoms with van der Waals surface area (Å²) in [6.45, 7) is 2.40. The Morgan fingerprint density at radius 1 is 1.45 bits per heavy atom. The number of amides is 1. The lowest BCUT2D eigenvalue weighted by molar-refractivity contribution is -0.116. The van der Waals surface area contributed by atoms with Gasteiger partial charge >= 0.3 is 0 Å². The van der Waals surface area contributed by atoms with Crippen LogP contribution in [0.2, 0.25) is 0 Å². The van der Waals surface area contributed by atoms with E-state index in [1.54, 1.807) is 37.5 Å². The minimum absolute atomic E-state index is 0.192. The second kappa shape index (κ2) is 6.51. The Bertz CT molecular complexity index is 657. The summed E-state index contributed by atoms with van der Waals surface area (Å²) in [5, 5.41) is 6.86. The van der Waals surface area contributed by atoms with Crippen LogP contribution in [-0.4, -0.2) is 22.2 Å². The third kappa shape index (κ3) is 3.44. The molecule has 2 rings (SSSR count). The molecule has 2 heterocycles. The Morgan fingerprint density at radius 3 is 3.00 bits per heavy atom. The summed E-state index contributed by atoms with van der Waals surface area (Å²) in [7, 11) is 0. The van der Waals surface area contributed by atoms with Gasteiger partial charge in [0.2, 0.25) is 5.91 Å². The van der Waals surface area contributed by atoms with Crippen molar-refractivity contribution < 1.29 is 9.21 Å². The van der Waals surface area contributed by atoms with Crippen molar-refractivity contribution in [1.29, 1.82) is 0 Å². The monoisotopic (exact) mass is 273 g/mol. The molecular weight excluding hydrogens is 258 g/mol. The molecule has 0 aromatic carbocycles. The third-order valence-electron chi connectivity index (χ3n) is 2.58. The second-order valence-electron chi connectivity index (χ2n) is 4.05. The molecule has 6 heteroatoms. The number of nitrogens with zero attached hydrogens (tertiary/aromatic N) is 2. The lowest BCUT2D eigenvalue weighted by Gasteiger charge is -2.06. The van der Waals surface area contributed by atoms with Crippen LogP contribution in [0.3, 0.4) is 0 Å². The van der Waals surface area contributed by atoms with E-state index in [0.717, 1.165) is 0 Å². The standard InChI is InChI=1S/C14H15N3O3/c1-2-4-13(18)15-8-9-17-14(19)7-6-11(16-17)12-5-3-10-20-12/h2-7,10H,8-9H2,1H3,(H,15,18)/b4-2+. The van der Waals surface area contributed by atoms with Crippen molar-refractivity contribution in [3.8, 4) is 11.5 Å². The van der Waals surface area contributed by atoms with Gasteiger partial charge in [-0.25, -0.2) is 4.68 Å². The van der Waals surface area contributed by atoms with Crippen LogP contribution in [-0.2, 0) is 11.3 Å². The van der Waals surface area contributed by atoms with Crippen molar-refractivity contribution in [2.45, 2.75) is 13.5 Å². The van der Waals surface area contributed by atoms with Gasteiger partial charge in [-0.05, 0) is 31.2 Å². The molecule has 0 aliphatic heterocycles. The topological polar surface area (TPSA) is 77.1 Å². The molecule has 0 saturated carbocycles. The van der Waals surface area contributed by atoms with E-state index in [1.165, 1.54) is 16.8 Å². The Labute approximate surface area is 115 Å². The van der Waals surface area contributed by atoms with Crippen molar-refractivity contribution >= 4 is 5.91 Å². The van der Waals surface area contributed by atoms with Crippen molar-refractivity contribution in [2.75, 3.05) is 6.54 Å². The molecule has 0 spiro atoms. The maximum Gasteiger partial charge on any atom is 0.266 e. The van der Waals surface area contributed by atoms with Crippen molar-refractivity contribution in [3.63, 3.8) is 0 Å². The zero-order valence-corrected chi connectivity index (χ0v) is 11.1. The molecule has 0 atom stereocenters. The van der Waals surface area contributed by atoms with Crippen molar-refractivity contribution in [1.82, 2.24) is 15.1 Å². The van der Waals surface area contributed by atoms with E-state index in [0.29, 0.717) is 24.5 Å².